The first-order valence-corrected chi connectivity index (χ1v) is 17.2. The molecule has 15 atom stereocenters. The summed E-state index contributed by atoms with van der Waals surface area (Å²) in [5, 5.41) is 0. The molecule has 244 valence electrons. The Bertz CT molecular complexity index is 1020. The van der Waals surface area contributed by atoms with Gasteiger partial charge in [-0.25, -0.2) is 4.39 Å². The average molecular weight is 674 g/mol. The first kappa shape index (κ1) is 33.5. The summed E-state index contributed by atoms with van der Waals surface area (Å²) in [6.07, 6.45) is 4.03. The van der Waals surface area contributed by atoms with Crippen molar-refractivity contribution in [2.24, 2.45) is 35.5 Å². The molecule has 0 amide bonds. The monoisotopic (exact) mass is 672 g/mol. The van der Waals surface area contributed by atoms with Crippen molar-refractivity contribution >= 4 is 27.7 Å². The largest absolute Gasteiger partial charge is 0.462 e. The van der Waals surface area contributed by atoms with Crippen LogP contribution in [-0.4, -0.2) is 87.0 Å². The van der Waals surface area contributed by atoms with Crippen molar-refractivity contribution in [3.63, 3.8) is 0 Å². The summed E-state index contributed by atoms with van der Waals surface area (Å²) in [5.41, 5.74) is 0.637. The number of allylic oxidation sites excluding steroid dienone is 2. The predicted octanol–water partition coefficient (Wildman–Crippen LogP) is 5.58. The van der Waals surface area contributed by atoms with E-state index in [0.717, 1.165) is 32.1 Å². The quantitative estimate of drug-likeness (QED) is 0.267. The molecule has 5 aliphatic rings. The van der Waals surface area contributed by atoms with E-state index in [-0.39, 0.29) is 72.4 Å². The molecule has 2 saturated carbocycles. The van der Waals surface area contributed by atoms with E-state index >= 15 is 4.39 Å². The first-order valence-electron chi connectivity index (χ1n) is 16.3. The van der Waals surface area contributed by atoms with Gasteiger partial charge in [-0.05, 0) is 68.8 Å². The molecule has 0 aromatic rings. The number of halogens is 2. The van der Waals surface area contributed by atoms with Gasteiger partial charge in [0.2, 0.25) is 0 Å². The smallest absolute Gasteiger partial charge is 0.306 e. The number of hydrogen-bond acceptors (Lipinski definition) is 8. The van der Waals surface area contributed by atoms with Crippen LogP contribution in [0.3, 0.4) is 0 Å². The molecule has 0 radical (unpaired) electrons. The fourth-order valence-electron chi connectivity index (χ4n) is 8.80. The van der Waals surface area contributed by atoms with Gasteiger partial charge in [-0.15, -0.1) is 0 Å². The van der Waals surface area contributed by atoms with E-state index in [9.17, 15) is 9.59 Å². The summed E-state index contributed by atoms with van der Waals surface area (Å²) in [5.74, 6) is -1.36. The Morgan fingerprint density at radius 1 is 0.977 bits per heavy atom. The van der Waals surface area contributed by atoms with Gasteiger partial charge in [0.1, 0.15) is 30.6 Å². The third-order valence-electron chi connectivity index (χ3n) is 11.0. The second-order valence-corrected chi connectivity index (χ2v) is 14.5. The van der Waals surface area contributed by atoms with Crippen LogP contribution in [-0.2, 0) is 38.0 Å². The Morgan fingerprint density at radius 3 is 2.33 bits per heavy atom. The number of methoxy groups -OCH3 is 3. The van der Waals surface area contributed by atoms with E-state index in [0.29, 0.717) is 18.4 Å². The number of alkyl halides is 2. The maximum atomic E-state index is 16.5. The van der Waals surface area contributed by atoms with Crippen molar-refractivity contribution in [3.05, 3.63) is 11.6 Å². The van der Waals surface area contributed by atoms with Crippen LogP contribution in [0.1, 0.15) is 72.1 Å². The van der Waals surface area contributed by atoms with E-state index in [1.807, 2.05) is 26.8 Å². The Hall–Kier alpha value is -0.910. The lowest BCUT2D eigenvalue weighted by molar-refractivity contribution is -0.314. The molecular formula is C33H50BrFO8. The maximum Gasteiger partial charge on any atom is 0.306 e. The third kappa shape index (κ3) is 6.53. The molecule has 0 aromatic heterocycles. The van der Waals surface area contributed by atoms with Gasteiger partial charge in [0.05, 0.1) is 18.6 Å². The number of carbonyl (C=O) groups is 2. The van der Waals surface area contributed by atoms with Crippen LogP contribution in [0.2, 0.25) is 0 Å². The molecule has 8 unspecified atom stereocenters. The second-order valence-electron chi connectivity index (χ2n) is 13.4. The topological polar surface area (TPSA) is 89.5 Å². The Morgan fingerprint density at radius 2 is 1.65 bits per heavy atom. The lowest BCUT2D eigenvalue weighted by Crippen LogP contribution is -2.59. The van der Waals surface area contributed by atoms with Gasteiger partial charge in [-0.1, -0.05) is 42.3 Å². The van der Waals surface area contributed by atoms with Crippen molar-refractivity contribution in [2.75, 3.05) is 21.3 Å². The molecule has 43 heavy (non-hydrogen) atoms. The van der Waals surface area contributed by atoms with E-state index in [1.165, 1.54) is 0 Å². The normalized spacial score (nSPS) is 47.4. The van der Waals surface area contributed by atoms with Gasteiger partial charge in [0, 0.05) is 43.9 Å². The van der Waals surface area contributed by atoms with Crippen molar-refractivity contribution < 1.29 is 42.4 Å². The first-order chi connectivity index (χ1) is 20.6. The number of ether oxygens (including phenoxy) is 6. The summed E-state index contributed by atoms with van der Waals surface area (Å²) in [6.45, 7) is 5.94. The minimum absolute atomic E-state index is 0.0236. The molecule has 8 nitrogen and oxygen atoms in total. The van der Waals surface area contributed by atoms with Gasteiger partial charge >= 0.3 is 5.97 Å². The molecule has 3 aliphatic carbocycles. The van der Waals surface area contributed by atoms with E-state index < -0.39 is 35.2 Å². The highest BCUT2D eigenvalue weighted by Crippen LogP contribution is 2.59. The number of cyclic esters (lactones) is 1. The van der Waals surface area contributed by atoms with Crippen LogP contribution in [0.4, 0.5) is 4.39 Å². The lowest BCUT2D eigenvalue weighted by atomic mass is 9.65. The molecule has 0 bridgehead atoms. The van der Waals surface area contributed by atoms with Gasteiger partial charge in [-0.2, -0.15) is 0 Å². The number of hydrogen-bond donors (Lipinski definition) is 0. The maximum absolute atomic E-state index is 16.5. The van der Waals surface area contributed by atoms with E-state index in [4.69, 9.17) is 28.4 Å². The summed E-state index contributed by atoms with van der Waals surface area (Å²) >= 11 is 3.74. The predicted molar refractivity (Wildman–Crippen MR) is 161 cm³/mol. The zero-order chi connectivity index (χ0) is 31.0. The molecule has 0 spiro atoms. The van der Waals surface area contributed by atoms with Gasteiger partial charge in [-0.3, -0.25) is 9.59 Å². The van der Waals surface area contributed by atoms with Crippen molar-refractivity contribution in [1.82, 2.24) is 0 Å². The molecule has 4 fully saturated rings. The van der Waals surface area contributed by atoms with Crippen LogP contribution in [0.15, 0.2) is 11.6 Å². The van der Waals surface area contributed by atoms with Gasteiger partial charge < -0.3 is 28.4 Å². The average Bonchev–Trinajstić information content (AvgIpc) is 3.57. The van der Waals surface area contributed by atoms with Crippen molar-refractivity contribution in [2.45, 2.75) is 126 Å². The zero-order valence-corrected chi connectivity index (χ0v) is 28.0. The molecule has 2 saturated heterocycles. The third-order valence-corrected chi connectivity index (χ3v) is 12.2. The highest BCUT2D eigenvalue weighted by molar-refractivity contribution is 9.09. The van der Waals surface area contributed by atoms with Crippen LogP contribution in [0.5, 0.6) is 0 Å². The Kier molecular flexibility index (Phi) is 11.1. The molecule has 0 aromatic carbocycles. The van der Waals surface area contributed by atoms with E-state index in [2.05, 4.69) is 15.9 Å². The molecule has 2 aliphatic heterocycles. The Labute approximate surface area is 264 Å². The fraction of sp³-hybridized carbons (Fsp3) is 0.879. The fourth-order valence-corrected chi connectivity index (χ4v) is 9.77. The van der Waals surface area contributed by atoms with Gasteiger partial charge in [0.15, 0.2) is 12.1 Å². The van der Waals surface area contributed by atoms with Crippen LogP contribution < -0.4 is 0 Å². The minimum atomic E-state index is -1.20. The summed E-state index contributed by atoms with van der Waals surface area (Å²) in [7, 11) is 4.87. The van der Waals surface area contributed by atoms with Crippen LogP contribution >= 0.6 is 15.9 Å². The van der Waals surface area contributed by atoms with Crippen molar-refractivity contribution in [3.8, 4) is 0 Å². The number of ketones is 1. The van der Waals surface area contributed by atoms with E-state index in [1.54, 1.807) is 21.3 Å². The molecule has 10 heteroatoms. The lowest BCUT2D eigenvalue weighted by Gasteiger charge is -2.44. The van der Waals surface area contributed by atoms with Crippen LogP contribution in [0, 0.1) is 35.5 Å². The number of rotatable bonds is 6. The van der Waals surface area contributed by atoms with Crippen LogP contribution in [0.25, 0.3) is 0 Å². The molecule has 5 rings (SSSR count). The Balaban J connectivity index is 1.38. The highest BCUT2D eigenvalue weighted by atomic mass is 79.9. The number of Topliss-reactive ketones (excluding diaryl/α,β-unsaturated/α-hetero) is 1. The second kappa shape index (κ2) is 14.2. The molecular weight excluding hydrogens is 623 g/mol. The standard InChI is InChI=1S/C33H50BrFO8/c1-7-18-11-9-8-10-16(2)29(37)24-14-21-20-12-19(43-33-32(40-6)31(39-5)30(38-4)17(3)41-33)13-23(20)27(34)28(35)26(21)22(24)15-25(36)42-18/h14,16-23,26-28,30-33H,7-13,15H2,1-6H3/t16-,17?,18+,19+,20+,21+,22-,23?,26-,27?,28?,30?,31?,32?,33?/m1/s1. The SMILES string of the molecule is CC[C@H]1CCCC[C@@H](C)C(=O)C2=C[C@@H]3[C@@H](C(F)C(Br)C4C[C@@H](OC5OC(C)C(OC)C(OC)C5OC)C[C@H]43)[C@@H]2CC(=O)O1. The summed E-state index contributed by atoms with van der Waals surface area (Å²) in [6, 6.07) is 0. The summed E-state index contributed by atoms with van der Waals surface area (Å²) in [4.78, 5) is 26.6. The number of esters is 1. The zero-order valence-electron chi connectivity index (χ0n) is 26.4. The number of carbonyl (C=O) groups excluding carboxylic acids is 2. The summed E-state index contributed by atoms with van der Waals surface area (Å²) < 4.78 is 52.3. The molecule has 0 N–H and O–H groups in total. The highest BCUT2D eigenvalue weighted by Gasteiger charge is 2.59. The number of fused-ring (bicyclic) bond motifs is 5. The van der Waals surface area contributed by atoms with Crippen molar-refractivity contribution in [1.29, 1.82) is 0 Å². The molecule has 2 heterocycles. The minimum Gasteiger partial charge on any atom is -0.462 e. The van der Waals surface area contributed by atoms with Gasteiger partial charge in [0.25, 0.3) is 0 Å².